The zero-order chi connectivity index (χ0) is 20.9. The van der Waals surface area contributed by atoms with E-state index in [2.05, 4.69) is 47.4 Å². The number of hydrazine groups is 1. The Kier molecular flexibility index (Phi) is 6.55. The summed E-state index contributed by atoms with van der Waals surface area (Å²) in [5.74, 6) is 1.40. The lowest BCUT2D eigenvalue weighted by Gasteiger charge is -2.34. The number of likely N-dealkylation sites (tertiary alicyclic amines) is 1. The van der Waals surface area contributed by atoms with E-state index in [-0.39, 0.29) is 6.03 Å². The van der Waals surface area contributed by atoms with Crippen LogP contribution in [0.1, 0.15) is 42.0 Å². The van der Waals surface area contributed by atoms with Gasteiger partial charge in [0.15, 0.2) is 0 Å². The smallest absolute Gasteiger partial charge is 0.317 e. The van der Waals surface area contributed by atoms with Crippen LogP contribution in [0.15, 0.2) is 48.5 Å². The Hall–Kier alpha value is -2.57. The second kappa shape index (κ2) is 9.49. The molecule has 2 saturated heterocycles. The van der Waals surface area contributed by atoms with Crippen molar-refractivity contribution in [2.75, 3.05) is 20.2 Å². The van der Waals surface area contributed by atoms with Crippen LogP contribution in [0.25, 0.3) is 0 Å². The fraction of sp³-hybridized carbons (Fsp3) is 0.458. The van der Waals surface area contributed by atoms with Gasteiger partial charge in [0, 0.05) is 31.7 Å². The highest BCUT2D eigenvalue weighted by molar-refractivity contribution is 5.74. The van der Waals surface area contributed by atoms with Gasteiger partial charge in [-0.05, 0) is 55.4 Å². The predicted octanol–water partition coefficient (Wildman–Crippen LogP) is 3.53. The molecule has 2 aliphatic rings. The highest BCUT2D eigenvalue weighted by atomic mass is 16.5. The molecule has 2 unspecified atom stereocenters. The van der Waals surface area contributed by atoms with E-state index in [0.717, 1.165) is 43.7 Å². The lowest BCUT2D eigenvalue weighted by molar-refractivity contribution is 0.158. The van der Waals surface area contributed by atoms with Crippen LogP contribution in [0.4, 0.5) is 4.79 Å². The van der Waals surface area contributed by atoms with Crippen molar-refractivity contribution in [1.82, 2.24) is 21.1 Å². The highest BCUT2D eigenvalue weighted by Crippen LogP contribution is 2.30. The van der Waals surface area contributed by atoms with Crippen LogP contribution in [-0.4, -0.2) is 37.2 Å². The largest absolute Gasteiger partial charge is 0.497 e. The van der Waals surface area contributed by atoms with Gasteiger partial charge in [0.05, 0.1) is 7.11 Å². The van der Waals surface area contributed by atoms with Crippen LogP contribution < -0.4 is 20.9 Å². The number of urea groups is 1. The van der Waals surface area contributed by atoms with Crippen molar-refractivity contribution in [3.63, 3.8) is 0 Å². The number of benzene rings is 2. The number of hydrogen-bond donors (Lipinski definition) is 3. The molecular weight excluding hydrogens is 376 g/mol. The fourth-order valence-corrected chi connectivity index (χ4v) is 4.57. The number of amides is 2. The maximum Gasteiger partial charge on any atom is 0.317 e. The van der Waals surface area contributed by atoms with E-state index in [0.29, 0.717) is 24.5 Å². The molecule has 2 aromatic carbocycles. The molecule has 160 valence electrons. The van der Waals surface area contributed by atoms with Gasteiger partial charge in [-0.3, -0.25) is 10.9 Å². The van der Waals surface area contributed by atoms with Gasteiger partial charge < -0.3 is 15.0 Å². The number of carbonyl (C=O) groups excluding carboxylic acids is 1. The lowest BCUT2D eigenvalue weighted by atomic mass is 9.86. The van der Waals surface area contributed by atoms with Crippen molar-refractivity contribution in [1.29, 1.82) is 0 Å². The van der Waals surface area contributed by atoms with Crippen molar-refractivity contribution in [3.8, 4) is 5.75 Å². The van der Waals surface area contributed by atoms with Crippen molar-refractivity contribution in [2.45, 2.75) is 44.8 Å². The summed E-state index contributed by atoms with van der Waals surface area (Å²) in [6.07, 6.45) is 3.16. The molecule has 0 aromatic heterocycles. The third kappa shape index (κ3) is 4.94. The fourth-order valence-electron chi connectivity index (χ4n) is 4.57. The molecular formula is C24H32N4O2. The van der Waals surface area contributed by atoms with Crippen molar-refractivity contribution in [2.24, 2.45) is 5.92 Å². The van der Waals surface area contributed by atoms with E-state index in [4.69, 9.17) is 4.74 Å². The van der Waals surface area contributed by atoms with Crippen LogP contribution in [0.5, 0.6) is 5.75 Å². The number of aryl methyl sites for hydroxylation is 1. The summed E-state index contributed by atoms with van der Waals surface area (Å²) in [5.41, 5.74) is 10.7. The number of methoxy groups -OCH3 is 1. The van der Waals surface area contributed by atoms with Gasteiger partial charge in [0.2, 0.25) is 0 Å². The zero-order valence-corrected chi connectivity index (χ0v) is 17.9. The molecule has 6 heteroatoms. The second-order valence-corrected chi connectivity index (χ2v) is 8.43. The number of rotatable bonds is 5. The first-order chi connectivity index (χ1) is 14.6. The maximum absolute atomic E-state index is 12.6. The minimum Gasteiger partial charge on any atom is -0.497 e. The number of ether oxygens (including phenoxy) is 1. The van der Waals surface area contributed by atoms with E-state index < -0.39 is 0 Å². The molecule has 2 aliphatic heterocycles. The van der Waals surface area contributed by atoms with Crippen LogP contribution >= 0.6 is 0 Å². The minimum atomic E-state index is 0.0198. The summed E-state index contributed by atoms with van der Waals surface area (Å²) in [7, 11) is 1.65. The Balaban J connectivity index is 1.23. The molecule has 2 amide bonds. The van der Waals surface area contributed by atoms with Crippen molar-refractivity contribution in [3.05, 3.63) is 65.2 Å². The molecule has 0 saturated carbocycles. The first-order valence-corrected chi connectivity index (χ1v) is 10.9. The van der Waals surface area contributed by atoms with E-state index in [1.165, 1.54) is 11.1 Å². The summed E-state index contributed by atoms with van der Waals surface area (Å²) in [4.78, 5) is 14.5. The van der Waals surface area contributed by atoms with Crippen LogP contribution in [0, 0.1) is 12.8 Å². The molecule has 0 bridgehead atoms. The molecule has 0 radical (unpaired) electrons. The lowest BCUT2D eigenvalue weighted by Crippen LogP contribution is -2.47. The molecule has 2 fully saturated rings. The standard InChI is InChI=1S/C24H32N4O2/c1-17-5-3-7-20(13-17)23-15-22(26-27-23)19-9-11-28(12-10-19)24(29)25-16-18-6-4-8-21(14-18)30-2/h3-8,13-14,19,22-23,26-27H,9-12,15-16H2,1-2H3,(H,25,29). The van der Waals surface area contributed by atoms with E-state index in [1.54, 1.807) is 7.11 Å². The number of carbonyl (C=O) groups is 1. The average Bonchev–Trinajstić information content (AvgIpc) is 3.28. The summed E-state index contributed by atoms with van der Waals surface area (Å²) in [5, 5.41) is 3.04. The maximum atomic E-state index is 12.6. The molecule has 0 aliphatic carbocycles. The molecule has 2 heterocycles. The van der Waals surface area contributed by atoms with E-state index in [9.17, 15) is 4.79 Å². The minimum absolute atomic E-state index is 0.0198. The molecule has 30 heavy (non-hydrogen) atoms. The van der Waals surface area contributed by atoms with E-state index >= 15 is 0 Å². The first-order valence-electron chi connectivity index (χ1n) is 10.9. The number of nitrogens with zero attached hydrogens (tertiary/aromatic N) is 1. The number of piperidine rings is 1. The predicted molar refractivity (Wildman–Crippen MR) is 118 cm³/mol. The van der Waals surface area contributed by atoms with Gasteiger partial charge in [-0.15, -0.1) is 0 Å². The summed E-state index contributed by atoms with van der Waals surface area (Å²) in [6.45, 7) is 4.27. The van der Waals surface area contributed by atoms with Crippen LogP contribution in [0.3, 0.4) is 0 Å². The van der Waals surface area contributed by atoms with Gasteiger partial charge in [0.25, 0.3) is 0 Å². The van der Waals surface area contributed by atoms with Crippen molar-refractivity contribution < 1.29 is 9.53 Å². The van der Waals surface area contributed by atoms with Crippen LogP contribution in [0.2, 0.25) is 0 Å². The first kappa shape index (κ1) is 20.7. The zero-order valence-electron chi connectivity index (χ0n) is 17.9. The quantitative estimate of drug-likeness (QED) is 0.708. The van der Waals surface area contributed by atoms with Gasteiger partial charge in [-0.1, -0.05) is 42.0 Å². The van der Waals surface area contributed by atoms with Gasteiger partial charge in [-0.2, -0.15) is 0 Å². The van der Waals surface area contributed by atoms with Crippen molar-refractivity contribution >= 4 is 6.03 Å². The van der Waals surface area contributed by atoms with Gasteiger partial charge >= 0.3 is 6.03 Å². The SMILES string of the molecule is COc1cccc(CNC(=O)N2CCC(C3CC(c4cccc(C)c4)NN3)CC2)c1. The van der Waals surface area contributed by atoms with E-state index in [1.807, 2.05) is 29.2 Å². The Bertz CT molecular complexity index is 864. The Morgan fingerprint density at radius 1 is 1.13 bits per heavy atom. The number of hydrogen-bond acceptors (Lipinski definition) is 4. The molecule has 2 atom stereocenters. The Morgan fingerprint density at radius 2 is 1.93 bits per heavy atom. The topological polar surface area (TPSA) is 65.6 Å². The average molecular weight is 409 g/mol. The monoisotopic (exact) mass is 408 g/mol. The molecule has 2 aromatic rings. The molecule has 3 N–H and O–H groups in total. The Morgan fingerprint density at radius 3 is 2.70 bits per heavy atom. The molecule has 6 nitrogen and oxygen atoms in total. The summed E-state index contributed by atoms with van der Waals surface area (Å²) >= 11 is 0. The normalized spacial score (nSPS) is 22.1. The highest BCUT2D eigenvalue weighted by Gasteiger charge is 2.34. The number of nitrogens with one attached hydrogen (secondary N) is 3. The summed E-state index contributed by atoms with van der Waals surface area (Å²) < 4.78 is 5.25. The Labute approximate surface area is 179 Å². The molecule has 4 rings (SSSR count). The van der Waals surface area contributed by atoms with Crippen LogP contribution in [-0.2, 0) is 6.54 Å². The van der Waals surface area contributed by atoms with Gasteiger partial charge in [-0.25, -0.2) is 4.79 Å². The summed E-state index contributed by atoms with van der Waals surface area (Å²) in [6, 6.07) is 17.4. The third-order valence-electron chi connectivity index (χ3n) is 6.35. The molecule has 0 spiro atoms. The van der Waals surface area contributed by atoms with Gasteiger partial charge in [0.1, 0.15) is 5.75 Å². The second-order valence-electron chi connectivity index (χ2n) is 8.43. The third-order valence-corrected chi connectivity index (χ3v) is 6.35.